The Labute approximate surface area is 117 Å². The van der Waals surface area contributed by atoms with E-state index in [9.17, 15) is 14.4 Å². The lowest BCUT2D eigenvalue weighted by atomic mass is 10.0. The smallest absolute Gasteiger partial charge is 0.276 e. The summed E-state index contributed by atoms with van der Waals surface area (Å²) < 4.78 is 0. The van der Waals surface area contributed by atoms with E-state index in [1.807, 2.05) is 13.8 Å². The lowest BCUT2D eigenvalue weighted by molar-refractivity contribution is -0.124. The van der Waals surface area contributed by atoms with Gasteiger partial charge in [0, 0.05) is 7.05 Å². The zero-order valence-corrected chi connectivity index (χ0v) is 11.6. The van der Waals surface area contributed by atoms with Crippen molar-refractivity contribution >= 4 is 17.7 Å². The maximum absolute atomic E-state index is 12.2. The third kappa shape index (κ3) is 2.30. The van der Waals surface area contributed by atoms with E-state index in [0.717, 1.165) is 5.01 Å². The third-order valence-electron chi connectivity index (χ3n) is 3.26. The van der Waals surface area contributed by atoms with E-state index >= 15 is 0 Å². The molecule has 1 heterocycles. The second-order valence-electron chi connectivity index (χ2n) is 4.96. The van der Waals surface area contributed by atoms with E-state index in [-0.39, 0.29) is 11.8 Å². The summed E-state index contributed by atoms with van der Waals surface area (Å²) in [5, 5.41) is 3.44. The van der Waals surface area contributed by atoms with Crippen molar-refractivity contribution in [1.82, 2.24) is 15.8 Å². The fraction of sp³-hybridized carbons (Fsp3) is 0.357. The van der Waals surface area contributed by atoms with Gasteiger partial charge in [-0.25, -0.2) is 10.4 Å². The first-order valence-corrected chi connectivity index (χ1v) is 6.43. The van der Waals surface area contributed by atoms with Crippen molar-refractivity contribution in [1.29, 1.82) is 0 Å². The SMILES string of the molecule is CNC(=O)[C@@H](NN1C(=O)c2ccccc2C1=O)C(C)C. The number of likely N-dealkylation sites (N-methyl/N-ethyl adjacent to an activating group) is 1. The highest BCUT2D eigenvalue weighted by atomic mass is 16.2. The van der Waals surface area contributed by atoms with Gasteiger partial charge >= 0.3 is 0 Å². The van der Waals surface area contributed by atoms with E-state index in [2.05, 4.69) is 10.7 Å². The molecule has 6 nitrogen and oxygen atoms in total. The number of hydrogen-bond acceptors (Lipinski definition) is 4. The summed E-state index contributed by atoms with van der Waals surface area (Å²) in [5.41, 5.74) is 3.44. The van der Waals surface area contributed by atoms with Crippen molar-refractivity contribution in [2.45, 2.75) is 19.9 Å². The molecule has 0 unspecified atom stereocenters. The number of amides is 3. The highest BCUT2D eigenvalue weighted by Crippen LogP contribution is 2.21. The molecule has 106 valence electrons. The van der Waals surface area contributed by atoms with E-state index in [1.54, 1.807) is 24.3 Å². The summed E-state index contributed by atoms with van der Waals surface area (Å²) in [6, 6.07) is 5.95. The van der Waals surface area contributed by atoms with Gasteiger partial charge < -0.3 is 5.32 Å². The molecule has 1 aliphatic rings. The number of carbonyl (C=O) groups excluding carboxylic acids is 3. The molecule has 2 rings (SSSR count). The van der Waals surface area contributed by atoms with Crippen LogP contribution in [-0.2, 0) is 4.79 Å². The van der Waals surface area contributed by atoms with Gasteiger partial charge in [0.15, 0.2) is 0 Å². The van der Waals surface area contributed by atoms with E-state index in [1.165, 1.54) is 7.05 Å². The number of nitrogens with one attached hydrogen (secondary N) is 2. The quantitative estimate of drug-likeness (QED) is 0.787. The van der Waals surface area contributed by atoms with Crippen molar-refractivity contribution in [3.05, 3.63) is 35.4 Å². The molecule has 0 spiro atoms. The van der Waals surface area contributed by atoms with Crippen molar-refractivity contribution in [2.24, 2.45) is 5.92 Å². The summed E-state index contributed by atoms with van der Waals surface area (Å²) in [4.78, 5) is 36.2. The molecule has 1 aliphatic heterocycles. The van der Waals surface area contributed by atoms with Crippen molar-refractivity contribution in [2.75, 3.05) is 7.05 Å². The van der Waals surface area contributed by atoms with E-state index in [0.29, 0.717) is 11.1 Å². The topological polar surface area (TPSA) is 78.5 Å². The van der Waals surface area contributed by atoms with Crippen LogP contribution in [0.3, 0.4) is 0 Å². The normalized spacial score (nSPS) is 15.5. The number of imide groups is 1. The molecule has 1 atom stereocenters. The minimum Gasteiger partial charge on any atom is -0.358 e. The predicted molar refractivity (Wildman–Crippen MR) is 72.8 cm³/mol. The molecule has 0 radical (unpaired) electrons. The molecule has 0 fully saturated rings. The van der Waals surface area contributed by atoms with Gasteiger partial charge in [0.2, 0.25) is 5.91 Å². The largest absolute Gasteiger partial charge is 0.358 e. The van der Waals surface area contributed by atoms with Gasteiger partial charge in [0.25, 0.3) is 11.8 Å². The Morgan fingerprint density at radius 3 is 2.00 bits per heavy atom. The van der Waals surface area contributed by atoms with Crippen molar-refractivity contribution < 1.29 is 14.4 Å². The molecule has 0 saturated heterocycles. The molecule has 0 aromatic heterocycles. The number of hydrogen-bond donors (Lipinski definition) is 2. The van der Waals surface area contributed by atoms with Gasteiger partial charge in [0.1, 0.15) is 6.04 Å². The first-order valence-electron chi connectivity index (χ1n) is 6.43. The van der Waals surface area contributed by atoms with E-state index in [4.69, 9.17) is 0 Å². The van der Waals surface area contributed by atoms with Crippen molar-refractivity contribution in [3.8, 4) is 0 Å². The highest BCUT2D eigenvalue weighted by molar-refractivity contribution is 6.21. The number of benzene rings is 1. The summed E-state index contributed by atoms with van der Waals surface area (Å²) in [6.07, 6.45) is 0. The molecular weight excluding hydrogens is 258 g/mol. The number of hydrazine groups is 1. The number of fused-ring (bicyclic) bond motifs is 1. The molecule has 0 aliphatic carbocycles. The lowest BCUT2D eigenvalue weighted by Gasteiger charge is -2.25. The number of nitrogens with zero attached hydrogens (tertiary/aromatic N) is 1. The summed E-state index contributed by atoms with van der Waals surface area (Å²) in [5.74, 6) is -1.20. The van der Waals surface area contributed by atoms with Crippen LogP contribution in [0.2, 0.25) is 0 Å². The zero-order chi connectivity index (χ0) is 14.9. The summed E-state index contributed by atoms with van der Waals surface area (Å²) >= 11 is 0. The van der Waals surface area contributed by atoms with Gasteiger partial charge in [-0.3, -0.25) is 14.4 Å². The summed E-state index contributed by atoms with van der Waals surface area (Å²) in [6.45, 7) is 3.68. The van der Waals surface area contributed by atoms with Crippen LogP contribution in [-0.4, -0.2) is 35.8 Å². The maximum Gasteiger partial charge on any atom is 0.276 e. The molecule has 6 heteroatoms. The van der Waals surface area contributed by atoms with Crippen LogP contribution in [0, 0.1) is 5.92 Å². The Hall–Kier alpha value is -2.21. The van der Waals surface area contributed by atoms with Gasteiger partial charge in [-0.05, 0) is 18.1 Å². The average Bonchev–Trinajstić information content (AvgIpc) is 2.68. The monoisotopic (exact) mass is 275 g/mol. The minimum absolute atomic E-state index is 0.0701. The highest BCUT2D eigenvalue weighted by Gasteiger charge is 2.38. The first-order chi connectivity index (χ1) is 9.47. The second-order valence-corrected chi connectivity index (χ2v) is 4.96. The molecular formula is C14H17N3O3. The van der Waals surface area contributed by atoms with Crippen LogP contribution in [0.1, 0.15) is 34.6 Å². The molecule has 20 heavy (non-hydrogen) atoms. The van der Waals surface area contributed by atoms with Gasteiger partial charge in [-0.15, -0.1) is 0 Å². The van der Waals surface area contributed by atoms with Crippen LogP contribution < -0.4 is 10.7 Å². The van der Waals surface area contributed by atoms with Crippen LogP contribution in [0.25, 0.3) is 0 Å². The van der Waals surface area contributed by atoms with Crippen LogP contribution in [0.4, 0.5) is 0 Å². The molecule has 0 bridgehead atoms. The third-order valence-corrected chi connectivity index (χ3v) is 3.26. The Morgan fingerprint density at radius 1 is 1.10 bits per heavy atom. The van der Waals surface area contributed by atoms with Crippen LogP contribution in [0.15, 0.2) is 24.3 Å². The second kappa shape index (κ2) is 5.42. The van der Waals surface area contributed by atoms with Gasteiger partial charge in [-0.1, -0.05) is 26.0 Å². The standard InChI is InChI=1S/C14H17N3O3/c1-8(2)11(12(18)15-3)16-17-13(19)9-6-4-5-7-10(9)14(17)20/h4-8,11,16H,1-3H3,(H,15,18)/t11-/m0/s1. The minimum atomic E-state index is -0.651. The van der Waals surface area contributed by atoms with Crippen molar-refractivity contribution in [3.63, 3.8) is 0 Å². The Bertz CT molecular complexity index is 534. The van der Waals surface area contributed by atoms with E-state index < -0.39 is 17.9 Å². The Morgan fingerprint density at radius 2 is 1.60 bits per heavy atom. The van der Waals surface area contributed by atoms with Crippen LogP contribution >= 0.6 is 0 Å². The predicted octanol–water partition coefficient (Wildman–Crippen LogP) is 0.558. The zero-order valence-electron chi connectivity index (χ0n) is 11.6. The summed E-state index contributed by atoms with van der Waals surface area (Å²) in [7, 11) is 1.52. The van der Waals surface area contributed by atoms with Crippen LogP contribution in [0.5, 0.6) is 0 Å². The molecule has 1 aromatic carbocycles. The lowest BCUT2D eigenvalue weighted by Crippen LogP contribution is -2.55. The fourth-order valence-corrected chi connectivity index (χ4v) is 2.11. The molecule has 1 aromatic rings. The molecule has 3 amide bonds. The number of rotatable bonds is 4. The maximum atomic E-state index is 12.2. The average molecular weight is 275 g/mol. The van der Waals surface area contributed by atoms with Gasteiger partial charge in [-0.2, -0.15) is 0 Å². The fourth-order valence-electron chi connectivity index (χ4n) is 2.11. The Balaban J connectivity index is 2.25. The van der Waals surface area contributed by atoms with Gasteiger partial charge in [0.05, 0.1) is 11.1 Å². The molecule has 0 saturated carbocycles. The first kappa shape index (κ1) is 14.2. The number of carbonyl (C=O) groups is 3. The Kier molecular flexibility index (Phi) is 3.85. The molecule has 2 N–H and O–H groups in total.